The van der Waals surface area contributed by atoms with Crippen LogP contribution in [0.1, 0.15) is 12.0 Å². The molecule has 2 fully saturated rings. The van der Waals surface area contributed by atoms with Crippen LogP contribution in [-0.4, -0.2) is 42.7 Å². The van der Waals surface area contributed by atoms with Crippen LogP contribution in [0.3, 0.4) is 0 Å². The van der Waals surface area contributed by atoms with Crippen molar-refractivity contribution in [1.29, 1.82) is 0 Å². The predicted molar refractivity (Wildman–Crippen MR) is 112 cm³/mol. The molecule has 1 aromatic carbocycles. The van der Waals surface area contributed by atoms with Crippen molar-refractivity contribution in [1.82, 2.24) is 8.96 Å². The van der Waals surface area contributed by atoms with Crippen molar-refractivity contribution in [3.05, 3.63) is 51.9 Å². The maximum Gasteiger partial charge on any atom is 0.269 e. The van der Waals surface area contributed by atoms with Gasteiger partial charge in [-0.25, -0.2) is 17.4 Å². The number of nitrogens with zero attached hydrogens (tertiary/aromatic N) is 3. The molecule has 4 heterocycles. The van der Waals surface area contributed by atoms with E-state index in [0.29, 0.717) is 17.8 Å². The van der Waals surface area contributed by atoms with Gasteiger partial charge >= 0.3 is 0 Å². The molecule has 2 saturated heterocycles. The number of rotatable bonds is 3. The van der Waals surface area contributed by atoms with Gasteiger partial charge in [-0.2, -0.15) is 0 Å². The van der Waals surface area contributed by atoms with Crippen LogP contribution in [0.4, 0.5) is 5.69 Å². The van der Waals surface area contributed by atoms with Crippen molar-refractivity contribution in [2.45, 2.75) is 30.4 Å². The SMILES string of the molecule is Cc1ccc(S(=O)(=O)n2cc(I)c3cc(N4CC5CC4CO5)cnc32)cc1. The Bertz CT molecular complexity index is 1140. The Morgan fingerprint density at radius 3 is 2.70 bits per heavy atom. The first kappa shape index (κ1) is 17.4. The fraction of sp³-hybridized carbons (Fsp3) is 0.316. The van der Waals surface area contributed by atoms with Crippen LogP contribution >= 0.6 is 22.6 Å². The monoisotopic (exact) mass is 495 g/mol. The number of pyridine rings is 1. The minimum absolute atomic E-state index is 0.265. The molecule has 2 atom stereocenters. The minimum atomic E-state index is -3.69. The summed E-state index contributed by atoms with van der Waals surface area (Å²) in [5, 5.41) is 0.854. The summed E-state index contributed by atoms with van der Waals surface area (Å²) >= 11 is 2.18. The number of aromatic nitrogens is 2. The van der Waals surface area contributed by atoms with Crippen LogP contribution in [0.15, 0.2) is 47.6 Å². The van der Waals surface area contributed by atoms with Gasteiger partial charge in [-0.1, -0.05) is 17.7 Å². The molecule has 3 aromatic rings. The van der Waals surface area contributed by atoms with Crippen LogP contribution < -0.4 is 4.90 Å². The average Bonchev–Trinajstić information content (AvgIpc) is 3.37. The number of hydrogen-bond acceptors (Lipinski definition) is 5. The Hall–Kier alpha value is -1.65. The zero-order valence-electron chi connectivity index (χ0n) is 14.7. The lowest BCUT2D eigenvalue weighted by molar-refractivity contribution is 0.0991. The summed E-state index contributed by atoms with van der Waals surface area (Å²) in [7, 11) is -3.69. The molecule has 5 rings (SSSR count). The third-order valence-corrected chi connectivity index (χ3v) is 7.88. The summed E-state index contributed by atoms with van der Waals surface area (Å²) in [6.45, 7) is 3.56. The van der Waals surface area contributed by atoms with Crippen molar-refractivity contribution in [3.63, 3.8) is 0 Å². The van der Waals surface area contributed by atoms with Gasteiger partial charge in [-0.15, -0.1) is 0 Å². The number of fused-ring (bicyclic) bond motifs is 3. The zero-order valence-corrected chi connectivity index (χ0v) is 17.6. The lowest BCUT2D eigenvalue weighted by atomic mass is 10.2. The van der Waals surface area contributed by atoms with Gasteiger partial charge in [0.1, 0.15) is 0 Å². The lowest BCUT2D eigenvalue weighted by Crippen LogP contribution is -2.36. The van der Waals surface area contributed by atoms with E-state index in [1.165, 1.54) is 3.97 Å². The molecule has 8 heteroatoms. The smallest absolute Gasteiger partial charge is 0.269 e. The molecular formula is C19H18IN3O3S. The molecule has 0 spiro atoms. The fourth-order valence-corrected chi connectivity index (χ4v) is 6.10. The van der Waals surface area contributed by atoms with Gasteiger partial charge in [0.25, 0.3) is 10.0 Å². The highest BCUT2D eigenvalue weighted by Gasteiger charge is 2.39. The van der Waals surface area contributed by atoms with E-state index in [4.69, 9.17) is 4.74 Å². The summed E-state index contributed by atoms with van der Waals surface area (Å²) in [5.74, 6) is 0. The summed E-state index contributed by atoms with van der Waals surface area (Å²) in [6.07, 6.45) is 4.78. The van der Waals surface area contributed by atoms with Crippen LogP contribution in [0.2, 0.25) is 0 Å². The molecule has 2 aliphatic heterocycles. The molecule has 0 N–H and O–H groups in total. The fourth-order valence-electron chi connectivity index (χ4n) is 3.91. The quantitative estimate of drug-likeness (QED) is 0.523. The first-order valence-electron chi connectivity index (χ1n) is 8.80. The number of ether oxygens (including phenoxy) is 1. The standard InChI is InChI=1S/C19H18IN3O3S/c1-12-2-4-16(5-3-12)27(24,25)23-10-18(20)17-7-13(8-21-19(17)23)22-9-15-6-14(22)11-26-15/h2-5,7-8,10,14-15H,6,9,11H2,1H3. The number of benzene rings is 1. The van der Waals surface area contributed by atoms with E-state index < -0.39 is 10.0 Å². The average molecular weight is 495 g/mol. The predicted octanol–water partition coefficient (Wildman–Crippen LogP) is 3.16. The van der Waals surface area contributed by atoms with Gasteiger partial charge in [-0.05, 0) is 54.1 Å². The summed E-state index contributed by atoms with van der Waals surface area (Å²) in [4.78, 5) is 7.12. The largest absolute Gasteiger partial charge is 0.374 e. The zero-order chi connectivity index (χ0) is 18.8. The number of morpholine rings is 1. The molecule has 27 heavy (non-hydrogen) atoms. The molecule has 0 amide bonds. The van der Waals surface area contributed by atoms with E-state index in [1.54, 1.807) is 36.7 Å². The van der Waals surface area contributed by atoms with Gasteiger partial charge in [0.05, 0.1) is 35.5 Å². The Balaban J connectivity index is 1.59. The summed E-state index contributed by atoms with van der Waals surface area (Å²) < 4.78 is 34.1. The van der Waals surface area contributed by atoms with Crippen molar-refractivity contribution >= 4 is 49.3 Å². The first-order valence-corrected chi connectivity index (χ1v) is 11.3. The first-order chi connectivity index (χ1) is 12.9. The van der Waals surface area contributed by atoms with Gasteiger partial charge in [0, 0.05) is 21.7 Å². The summed E-state index contributed by atoms with van der Waals surface area (Å²) in [5.41, 5.74) is 2.51. The second-order valence-corrected chi connectivity index (χ2v) is 10.1. The van der Waals surface area contributed by atoms with Crippen molar-refractivity contribution in [2.75, 3.05) is 18.1 Å². The van der Waals surface area contributed by atoms with Crippen molar-refractivity contribution in [2.24, 2.45) is 0 Å². The molecule has 2 unspecified atom stereocenters. The minimum Gasteiger partial charge on any atom is -0.374 e. The molecule has 2 aliphatic rings. The van der Waals surface area contributed by atoms with Crippen molar-refractivity contribution < 1.29 is 13.2 Å². The van der Waals surface area contributed by atoms with Gasteiger partial charge in [-0.3, -0.25) is 0 Å². The highest BCUT2D eigenvalue weighted by Crippen LogP contribution is 2.35. The number of halogens is 1. The molecule has 2 bridgehead atoms. The van der Waals surface area contributed by atoms with Gasteiger partial charge in [0.15, 0.2) is 5.65 Å². The molecule has 6 nitrogen and oxygen atoms in total. The Morgan fingerprint density at radius 1 is 1.26 bits per heavy atom. The molecule has 0 saturated carbocycles. The maximum atomic E-state index is 13.1. The molecule has 0 radical (unpaired) electrons. The second-order valence-electron chi connectivity index (χ2n) is 7.15. The second kappa shape index (κ2) is 6.18. The Labute approximate surface area is 171 Å². The van der Waals surface area contributed by atoms with Crippen molar-refractivity contribution in [3.8, 4) is 0 Å². The van der Waals surface area contributed by atoms with E-state index in [2.05, 4.69) is 32.5 Å². The van der Waals surface area contributed by atoms with E-state index in [0.717, 1.165) is 39.8 Å². The highest BCUT2D eigenvalue weighted by molar-refractivity contribution is 14.1. The third kappa shape index (κ3) is 2.76. The van der Waals surface area contributed by atoms with Crippen LogP contribution in [0, 0.1) is 10.5 Å². The van der Waals surface area contributed by atoms with E-state index in [1.807, 2.05) is 13.0 Å². The lowest BCUT2D eigenvalue weighted by Gasteiger charge is -2.28. The number of anilines is 1. The van der Waals surface area contributed by atoms with E-state index >= 15 is 0 Å². The normalized spacial score (nSPS) is 22.1. The van der Waals surface area contributed by atoms with E-state index in [-0.39, 0.29) is 4.90 Å². The summed E-state index contributed by atoms with van der Waals surface area (Å²) in [6, 6.07) is 9.33. The highest BCUT2D eigenvalue weighted by atomic mass is 127. The third-order valence-electron chi connectivity index (χ3n) is 5.36. The Kier molecular flexibility index (Phi) is 3.99. The van der Waals surface area contributed by atoms with Gasteiger partial charge < -0.3 is 9.64 Å². The molecule has 2 aromatic heterocycles. The van der Waals surface area contributed by atoms with E-state index in [9.17, 15) is 8.42 Å². The maximum absolute atomic E-state index is 13.1. The number of hydrogen-bond donors (Lipinski definition) is 0. The molecule has 0 aliphatic carbocycles. The van der Waals surface area contributed by atoms with Crippen LogP contribution in [-0.2, 0) is 14.8 Å². The topological polar surface area (TPSA) is 64.4 Å². The Morgan fingerprint density at radius 2 is 2.04 bits per heavy atom. The molecular weight excluding hydrogens is 477 g/mol. The number of aryl methyl sites for hydroxylation is 1. The van der Waals surface area contributed by atoms with Gasteiger partial charge in [0.2, 0.25) is 0 Å². The van der Waals surface area contributed by atoms with Crippen LogP contribution in [0.25, 0.3) is 11.0 Å². The molecule has 140 valence electrons. The van der Waals surface area contributed by atoms with Crippen LogP contribution in [0.5, 0.6) is 0 Å².